The normalized spacial score (nSPS) is 11.4. The zero-order chi connectivity index (χ0) is 10.8. The average molecular weight is 215 g/mol. The van der Waals surface area contributed by atoms with Crippen LogP contribution in [0, 0.1) is 5.41 Å². The number of methoxy groups -OCH3 is 1. The van der Waals surface area contributed by atoms with Gasteiger partial charge in [0, 0.05) is 11.1 Å². The van der Waals surface area contributed by atoms with Crippen LogP contribution in [0.3, 0.4) is 0 Å². The Balaban J connectivity index is 2.73. The van der Waals surface area contributed by atoms with Crippen LogP contribution < -0.4 is 4.74 Å². The molecule has 1 aromatic rings. The summed E-state index contributed by atoms with van der Waals surface area (Å²) in [5.74, 6) is -0.801. The highest BCUT2D eigenvalue weighted by Gasteiger charge is 2.28. The van der Waals surface area contributed by atoms with Crippen LogP contribution in [0.5, 0.6) is 5.19 Å². The quantitative estimate of drug-likeness (QED) is 0.832. The summed E-state index contributed by atoms with van der Waals surface area (Å²) in [7, 11) is 1.55. The number of carboxylic acid groups (broad SMARTS) is 1. The van der Waals surface area contributed by atoms with Gasteiger partial charge in [-0.1, -0.05) is 11.3 Å². The van der Waals surface area contributed by atoms with Crippen molar-refractivity contribution in [2.75, 3.05) is 7.11 Å². The Morgan fingerprint density at radius 2 is 2.36 bits per heavy atom. The zero-order valence-corrected chi connectivity index (χ0v) is 9.22. The largest absolute Gasteiger partial charge is 0.481 e. The van der Waals surface area contributed by atoms with E-state index in [4.69, 9.17) is 9.84 Å². The molecule has 0 bridgehead atoms. The molecule has 0 saturated heterocycles. The van der Waals surface area contributed by atoms with Crippen molar-refractivity contribution in [3.63, 3.8) is 0 Å². The van der Waals surface area contributed by atoms with E-state index < -0.39 is 11.4 Å². The molecule has 5 heteroatoms. The predicted molar refractivity (Wildman–Crippen MR) is 53.8 cm³/mol. The van der Waals surface area contributed by atoms with Crippen molar-refractivity contribution in [1.82, 2.24) is 4.98 Å². The lowest BCUT2D eigenvalue weighted by molar-refractivity contribution is -0.146. The Morgan fingerprint density at radius 1 is 1.71 bits per heavy atom. The van der Waals surface area contributed by atoms with E-state index in [1.165, 1.54) is 11.3 Å². The molecule has 4 nitrogen and oxygen atoms in total. The fourth-order valence-electron chi connectivity index (χ4n) is 0.977. The minimum atomic E-state index is -0.801. The number of aromatic nitrogens is 1. The van der Waals surface area contributed by atoms with Gasteiger partial charge in [-0.05, 0) is 20.3 Å². The summed E-state index contributed by atoms with van der Waals surface area (Å²) in [6, 6.07) is 0. The number of ether oxygens (including phenoxy) is 1. The Bertz CT molecular complexity index is 333. The number of aliphatic carboxylic acids is 1. The second kappa shape index (κ2) is 3.96. The molecule has 1 heterocycles. The summed E-state index contributed by atoms with van der Waals surface area (Å²) >= 11 is 1.38. The minimum Gasteiger partial charge on any atom is -0.481 e. The van der Waals surface area contributed by atoms with E-state index in [-0.39, 0.29) is 0 Å². The van der Waals surface area contributed by atoms with Crippen LogP contribution >= 0.6 is 11.3 Å². The second-order valence-electron chi connectivity index (χ2n) is 3.66. The first-order chi connectivity index (χ1) is 6.45. The monoisotopic (exact) mass is 215 g/mol. The van der Waals surface area contributed by atoms with Crippen LogP contribution in [0.15, 0.2) is 6.20 Å². The van der Waals surface area contributed by atoms with Crippen molar-refractivity contribution in [1.29, 1.82) is 0 Å². The van der Waals surface area contributed by atoms with Crippen LogP contribution in [0.25, 0.3) is 0 Å². The van der Waals surface area contributed by atoms with Crippen molar-refractivity contribution in [2.24, 2.45) is 5.41 Å². The minimum absolute atomic E-state index is 0.476. The Hall–Kier alpha value is -1.10. The van der Waals surface area contributed by atoms with Gasteiger partial charge < -0.3 is 9.84 Å². The van der Waals surface area contributed by atoms with E-state index in [1.54, 1.807) is 27.2 Å². The Kier molecular flexibility index (Phi) is 3.10. The van der Waals surface area contributed by atoms with E-state index in [2.05, 4.69) is 4.98 Å². The zero-order valence-electron chi connectivity index (χ0n) is 8.40. The van der Waals surface area contributed by atoms with Crippen molar-refractivity contribution in [3.05, 3.63) is 11.1 Å². The first kappa shape index (κ1) is 11.0. The molecule has 0 amide bonds. The number of thiazole rings is 1. The lowest BCUT2D eigenvalue weighted by Gasteiger charge is -2.16. The van der Waals surface area contributed by atoms with Crippen molar-refractivity contribution in [2.45, 2.75) is 20.3 Å². The highest BCUT2D eigenvalue weighted by Crippen LogP contribution is 2.28. The number of hydrogen-bond acceptors (Lipinski definition) is 4. The maximum Gasteiger partial charge on any atom is 0.309 e. The summed E-state index contributed by atoms with van der Waals surface area (Å²) in [6.45, 7) is 3.39. The van der Waals surface area contributed by atoms with Crippen molar-refractivity contribution in [3.8, 4) is 5.19 Å². The van der Waals surface area contributed by atoms with Gasteiger partial charge in [0.05, 0.1) is 12.5 Å². The summed E-state index contributed by atoms with van der Waals surface area (Å²) in [6.07, 6.45) is 2.14. The molecule has 0 spiro atoms. The summed E-state index contributed by atoms with van der Waals surface area (Å²) in [5, 5.41) is 9.49. The Labute approximate surface area is 86.6 Å². The molecule has 0 fully saturated rings. The van der Waals surface area contributed by atoms with Crippen LogP contribution in [0.2, 0.25) is 0 Å². The molecule has 1 N–H and O–H groups in total. The molecule has 0 aliphatic rings. The van der Waals surface area contributed by atoms with E-state index in [9.17, 15) is 4.79 Å². The topological polar surface area (TPSA) is 59.4 Å². The molecule has 0 radical (unpaired) electrons. The van der Waals surface area contributed by atoms with Gasteiger partial charge >= 0.3 is 5.97 Å². The van der Waals surface area contributed by atoms with E-state index in [0.717, 1.165) is 4.88 Å². The van der Waals surface area contributed by atoms with Gasteiger partial charge in [0.1, 0.15) is 0 Å². The molecule has 0 saturated carbocycles. The molecule has 78 valence electrons. The highest BCUT2D eigenvalue weighted by atomic mass is 32.1. The molecule has 1 aromatic heterocycles. The fraction of sp³-hybridized carbons (Fsp3) is 0.556. The average Bonchev–Trinajstić information content (AvgIpc) is 2.51. The van der Waals surface area contributed by atoms with Gasteiger partial charge in [0.2, 0.25) is 0 Å². The smallest absolute Gasteiger partial charge is 0.309 e. The fourth-order valence-corrected chi connectivity index (χ4v) is 1.93. The van der Waals surface area contributed by atoms with Crippen LogP contribution in [0.1, 0.15) is 18.7 Å². The van der Waals surface area contributed by atoms with Crippen molar-refractivity contribution >= 4 is 17.3 Å². The Morgan fingerprint density at radius 3 is 2.79 bits per heavy atom. The van der Waals surface area contributed by atoms with Gasteiger partial charge in [0.15, 0.2) is 0 Å². The standard InChI is InChI=1S/C9H13NO3S/c1-9(2,7(11)12)4-6-5-10-8(13-3)14-6/h5H,4H2,1-3H3,(H,11,12). The van der Waals surface area contributed by atoms with E-state index >= 15 is 0 Å². The molecule has 0 atom stereocenters. The molecular weight excluding hydrogens is 202 g/mol. The third-order valence-electron chi connectivity index (χ3n) is 1.90. The van der Waals surface area contributed by atoms with Gasteiger partial charge in [-0.2, -0.15) is 0 Å². The van der Waals surface area contributed by atoms with Crippen LogP contribution in [0.4, 0.5) is 0 Å². The third kappa shape index (κ3) is 2.45. The number of carbonyl (C=O) groups is 1. The number of hydrogen-bond donors (Lipinski definition) is 1. The predicted octanol–water partition coefficient (Wildman–Crippen LogP) is 1.81. The highest BCUT2D eigenvalue weighted by molar-refractivity contribution is 7.13. The molecule has 1 rings (SSSR count). The van der Waals surface area contributed by atoms with Crippen LogP contribution in [-0.4, -0.2) is 23.2 Å². The molecule has 0 unspecified atom stereocenters. The van der Waals surface area contributed by atoms with Gasteiger partial charge in [-0.3, -0.25) is 4.79 Å². The van der Waals surface area contributed by atoms with E-state index in [1.807, 2.05) is 0 Å². The van der Waals surface area contributed by atoms with E-state index in [0.29, 0.717) is 11.6 Å². The van der Waals surface area contributed by atoms with Gasteiger partial charge in [-0.25, -0.2) is 4.98 Å². The second-order valence-corrected chi connectivity index (χ2v) is 4.74. The molecule has 0 aliphatic heterocycles. The summed E-state index contributed by atoms with van der Waals surface area (Å²) in [5.41, 5.74) is -0.752. The number of carboxylic acids is 1. The summed E-state index contributed by atoms with van der Waals surface area (Å²) in [4.78, 5) is 15.8. The molecular formula is C9H13NO3S. The molecule has 0 aliphatic carbocycles. The maximum atomic E-state index is 10.9. The third-order valence-corrected chi connectivity index (χ3v) is 2.86. The number of nitrogens with zero attached hydrogens (tertiary/aromatic N) is 1. The lowest BCUT2D eigenvalue weighted by atomic mass is 9.89. The summed E-state index contributed by atoms with van der Waals surface area (Å²) < 4.78 is 4.93. The lowest BCUT2D eigenvalue weighted by Crippen LogP contribution is -2.25. The van der Waals surface area contributed by atoms with Gasteiger partial charge in [-0.15, -0.1) is 0 Å². The molecule has 14 heavy (non-hydrogen) atoms. The molecule has 0 aromatic carbocycles. The first-order valence-corrected chi connectivity index (χ1v) is 4.99. The first-order valence-electron chi connectivity index (χ1n) is 4.18. The SMILES string of the molecule is COc1ncc(CC(C)(C)C(=O)O)s1. The van der Waals surface area contributed by atoms with Crippen molar-refractivity contribution < 1.29 is 14.6 Å². The number of rotatable bonds is 4. The maximum absolute atomic E-state index is 10.9. The van der Waals surface area contributed by atoms with Crippen LogP contribution in [-0.2, 0) is 11.2 Å². The van der Waals surface area contributed by atoms with Gasteiger partial charge in [0.25, 0.3) is 5.19 Å².